The summed E-state index contributed by atoms with van der Waals surface area (Å²) in [5, 5.41) is 14.7. The van der Waals surface area contributed by atoms with E-state index in [0.717, 1.165) is 36.3 Å². The highest BCUT2D eigenvalue weighted by Gasteiger charge is 2.10. The molecule has 0 aromatic heterocycles. The van der Waals surface area contributed by atoms with Crippen LogP contribution in [0.3, 0.4) is 0 Å². The van der Waals surface area contributed by atoms with Crippen LogP contribution in [0.4, 0.5) is 10.5 Å². The van der Waals surface area contributed by atoms with Gasteiger partial charge < -0.3 is 20.5 Å². The fourth-order valence-electron chi connectivity index (χ4n) is 2.31. The number of benzene rings is 1. The lowest BCUT2D eigenvalue weighted by atomic mass is 10.0. The first-order chi connectivity index (χ1) is 10.1. The van der Waals surface area contributed by atoms with E-state index in [4.69, 9.17) is 9.84 Å². The molecule has 0 radical (unpaired) electrons. The normalized spacial score (nSPS) is 11.8. The SMILES string of the molecule is CCCC(CCO)CNC(=O)Nc1ccc(OC)c(C)c1. The number of carbonyl (C=O) groups excluding carboxylic acids is 1. The van der Waals surface area contributed by atoms with E-state index in [9.17, 15) is 4.79 Å². The van der Waals surface area contributed by atoms with E-state index in [0.29, 0.717) is 12.5 Å². The van der Waals surface area contributed by atoms with Crippen LogP contribution in [0.25, 0.3) is 0 Å². The molecule has 5 heteroatoms. The van der Waals surface area contributed by atoms with Crippen LogP contribution in [0.2, 0.25) is 0 Å². The smallest absolute Gasteiger partial charge is 0.319 e. The summed E-state index contributed by atoms with van der Waals surface area (Å²) >= 11 is 0. The number of rotatable bonds is 8. The topological polar surface area (TPSA) is 70.6 Å². The third kappa shape index (κ3) is 6.04. The van der Waals surface area contributed by atoms with Gasteiger partial charge in [-0.15, -0.1) is 0 Å². The van der Waals surface area contributed by atoms with Crippen LogP contribution in [0.1, 0.15) is 31.7 Å². The third-order valence-corrected chi connectivity index (χ3v) is 3.44. The lowest BCUT2D eigenvalue weighted by Crippen LogP contribution is -2.33. The summed E-state index contributed by atoms with van der Waals surface area (Å²) in [6.07, 6.45) is 2.77. The van der Waals surface area contributed by atoms with Crippen LogP contribution in [-0.4, -0.2) is 31.4 Å². The van der Waals surface area contributed by atoms with Gasteiger partial charge in [0.05, 0.1) is 7.11 Å². The Morgan fingerprint density at radius 3 is 2.71 bits per heavy atom. The number of methoxy groups -OCH3 is 1. The Labute approximate surface area is 126 Å². The fraction of sp³-hybridized carbons (Fsp3) is 0.562. The maximum Gasteiger partial charge on any atom is 0.319 e. The fourth-order valence-corrected chi connectivity index (χ4v) is 2.31. The summed E-state index contributed by atoms with van der Waals surface area (Å²) in [4.78, 5) is 11.9. The number of aryl methyl sites for hydroxylation is 1. The van der Waals surface area contributed by atoms with Crippen molar-refractivity contribution in [3.05, 3.63) is 23.8 Å². The van der Waals surface area contributed by atoms with Crippen LogP contribution in [0, 0.1) is 12.8 Å². The van der Waals surface area contributed by atoms with Gasteiger partial charge in [-0.3, -0.25) is 0 Å². The zero-order valence-electron chi connectivity index (χ0n) is 13.1. The zero-order valence-corrected chi connectivity index (χ0v) is 13.1. The Hall–Kier alpha value is -1.75. The Kier molecular flexibility index (Phi) is 7.61. The van der Waals surface area contributed by atoms with Crippen molar-refractivity contribution in [2.24, 2.45) is 5.92 Å². The van der Waals surface area contributed by atoms with Crippen LogP contribution < -0.4 is 15.4 Å². The predicted molar refractivity (Wildman–Crippen MR) is 84.9 cm³/mol. The lowest BCUT2D eigenvalue weighted by molar-refractivity contribution is 0.237. The number of ether oxygens (including phenoxy) is 1. The van der Waals surface area contributed by atoms with Gasteiger partial charge in [-0.25, -0.2) is 4.79 Å². The molecule has 0 aliphatic heterocycles. The molecule has 1 atom stereocenters. The first-order valence-corrected chi connectivity index (χ1v) is 7.41. The van der Waals surface area contributed by atoms with Gasteiger partial charge in [0.2, 0.25) is 0 Å². The Morgan fingerprint density at radius 1 is 1.38 bits per heavy atom. The van der Waals surface area contributed by atoms with Gasteiger partial charge in [0.25, 0.3) is 0 Å². The minimum Gasteiger partial charge on any atom is -0.496 e. The average Bonchev–Trinajstić information content (AvgIpc) is 2.45. The molecule has 1 rings (SSSR count). The molecule has 21 heavy (non-hydrogen) atoms. The summed E-state index contributed by atoms with van der Waals surface area (Å²) in [7, 11) is 1.62. The second-order valence-electron chi connectivity index (χ2n) is 5.19. The van der Waals surface area contributed by atoms with E-state index in [1.54, 1.807) is 7.11 Å². The highest BCUT2D eigenvalue weighted by atomic mass is 16.5. The average molecular weight is 294 g/mol. The van der Waals surface area contributed by atoms with Gasteiger partial charge in [0.15, 0.2) is 0 Å². The van der Waals surface area contributed by atoms with E-state index in [-0.39, 0.29) is 12.6 Å². The number of aliphatic hydroxyl groups excluding tert-OH is 1. The number of aliphatic hydroxyl groups is 1. The molecule has 0 heterocycles. The minimum absolute atomic E-state index is 0.158. The molecule has 1 unspecified atom stereocenters. The number of hydrogen-bond acceptors (Lipinski definition) is 3. The highest BCUT2D eigenvalue weighted by molar-refractivity contribution is 5.89. The van der Waals surface area contributed by atoms with Gasteiger partial charge in [-0.2, -0.15) is 0 Å². The van der Waals surface area contributed by atoms with Gasteiger partial charge >= 0.3 is 6.03 Å². The van der Waals surface area contributed by atoms with Crippen molar-refractivity contribution in [2.75, 3.05) is 25.6 Å². The number of urea groups is 1. The molecule has 5 nitrogen and oxygen atoms in total. The quantitative estimate of drug-likeness (QED) is 0.690. The Bertz CT molecular complexity index is 443. The Balaban J connectivity index is 2.47. The second-order valence-corrected chi connectivity index (χ2v) is 5.19. The predicted octanol–water partition coefficient (Wildman–Crippen LogP) is 2.92. The van der Waals surface area contributed by atoms with E-state index >= 15 is 0 Å². The Morgan fingerprint density at radius 2 is 2.14 bits per heavy atom. The summed E-state index contributed by atoms with van der Waals surface area (Å²) in [6.45, 7) is 4.77. The number of amides is 2. The van der Waals surface area contributed by atoms with E-state index in [1.165, 1.54) is 0 Å². The van der Waals surface area contributed by atoms with Gasteiger partial charge in [-0.1, -0.05) is 13.3 Å². The summed E-state index contributed by atoms with van der Waals surface area (Å²) < 4.78 is 5.19. The molecule has 0 bridgehead atoms. The van der Waals surface area contributed by atoms with Crippen LogP contribution in [0.15, 0.2) is 18.2 Å². The van der Waals surface area contributed by atoms with Crippen LogP contribution in [0.5, 0.6) is 5.75 Å². The number of anilines is 1. The molecule has 0 aliphatic carbocycles. The number of nitrogens with one attached hydrogen (secondary N) is 2. The highest BCUT2D eigenvalue weighted by Crippen LogP contribution is 2.21. The van der Waals surface area contributed by atoms with Crippen molar-refractivity contribution in [2.45, 2.75) is 33.1 Å². The minimum atomic E-state index is -0.224. The summed E-state index contributed by atoms with van der Waals surface area (Å²) in [5.74, 6) is 1.12. The van der Waals surface area contributed by atoms with Crippen molar-refractivity contribution in [3.63, 3.8) is 0 Å². The maximum atomic E-state index is 11.9. The molecule has 118 valence electrons. The van der Waals surface area contributed by atoms with Crippen molar-refractivity contribution in [1.82, 2.24) is 5.32 Å². The third-order valence-electron chi connectivity index (χ3n) is 3.44. The molecule has 0 spiro atoms. The molecular weight excluding hydrogens is 268 g/mol. The number of carbonyl (C=O) groups is 1. The molecule has 0 aliphatic rings. The molecule has 0 fully saturated rings. The summed E-state index contributed by atoms with van der Waals surface area (Å²) in [6, 6.07) is 5.29. The second kappa shape index (κ2) is 9.23. The van der Waals surface area contributed by atoms with Crippen molar-refractivity contribution in [3.8, 4) is 5.75 Å². The molecule has 2 amide bonds. The molecular formula is C16H26N2O3. The first kappa shape index (κ1) is 17.3. The van der Waals surface area contributed by atoms with Crippen molar-refractivity contribution in [1.29, 1.82) is 0 Å². The summed E-state index contributed by atoms with van der Waals surface area (Å²) in [5.41, 5.74) is 1.71. The van der Waals surface area contributed by atoms with Crippen LogP contribution >= 0.6 is 0 Å². The maximum absolute atomic E-state index is 11.9. The molecule has 0 saturated carbocycles. The molecule has 1 aromatic rings. The van der Waals surface area contributed by atoms with Gasteiger partial charge in [-0.05, 0) is 49.4 Å². The molecule has 1 aromatic carbocycles. The van der Waals surface area contributed by atoms with E-state index in [2.05, 4.69) is 17.6 Å². The largest absolute Gasteiger partial charge is 0.496 e. The number of hydrogen-bond donors (Lipinski definition) is 3. The first-order valence-electron chi connectivity index (χ1n) is 7.41. The van der Waals surface area contributed by atoms with Gasteiger partial charge in [0.1, 0.15) is 5.75 Å². The lowest BCUT2D eigenvalue weighted by Gasteiger charge is -2.16. The van der Waals surface area contributed by atoms with Crippen LogP contribution in [-0.2, 0) is 0 Å². The molecule has 0 saturated heterocycles. The monoisotopic (exact) mass is 294 g/mol. The van der Waals surface area contributed by atoms with E-state index in [1.807, 2.05) is 25.1 Å². The zero-order chi connectivity index (χ0) is 15.7. The van der Waals surface area contributed by atoms with Crippen molar-refractivity contribution >= 4 is 11.7 Å². The standard InChI is InChI=1S/C16H26N2O3/c1-4-5-13(8-9-19)11-17-16(20)18-14-6-7-15(21-3)12(2)10-14/h6-7,10,13,19H,4-5,8-9,11H2,1-3H3,(H2,17,18,20). The van der Waals surface area contributed by atoms with Gasteiger partial charge in [0, 0.05) is 18.8 Å². The van der Waals surface area contributed by atoms with E-state index < -0.39 is 0 Å². The molecule has 3 N–H and O–H groups in total. The van der Waals surface area contributed by atoms with Crippen molar-refractivity contribution < 1.29 is 14.6 Å².